The number of amides is 1. The minimum absolute atomic E-state index is 0.0833. The predicted octanol–water partition coefficient (Wildman–Crippen LogP) is 3.95. The molecule has 0 aliphatic carbocycles. The van der Waals surface area contributed by atoms with Gasteiger partial charge in [0, 0.05) is 18.4 Å². The first-order valence-electron chi connectivity index (χ1n) is 9.07. The van der Waals surface area contributed by atoms with Crippen LogP contribution in [0.4, 0.5) is 9.18 Å². The molecule has 0 spiro atoms. The third-order valence-electron chi connectivity index (χ3n) is 4.30. The summed E-state index contributed by atoms with van der Waals surface area (Å²) in [6, 6.07) is 6.53. The smallest absolute Gasteiger partial charge is 0.410 e. The molecular weight excluding hydrogens is 369 g/mol. The molecule has 28 heavy (non-hydrogen) atoms. The molecule has 1 aliphatic rings. The topological polar surface area (TPSA) is 78.2 Å². The van der Waals surface area contributed by atoms with E-state index in [1.54, 1.807) is 45.0 Å². The van der Waals surface area contributed by atoms with E-state index in [1.807, 2.05) is 0 Å². The number of benzene rings is 1. The lowest BCUT2D eigenvalue weighted by Crippen LogP contribution is -2.50. The number of esters is 1. The highest BCUT2D eigenvalue weighted by atomic mass is 19.1. The van der Waals surface area contributed by atoms with Crippen molar-refractivity contribution in [3.05, 3.63) is 30.0 Å². The largest absolute Gasteiger partial charge is 0.487 e. The lowest BCUT2D eigenvalue weighted by molar-refractivity contribution is -0.0105. The molecule has 8 heteroatoms. The number of likely N-dealkylation sites (tertiary alicyclic amines) is 1. The van der Waals surface area contributed by atoms with Gasteiger partial charge < -0.3 is 23.5 Å². The van der Waals surface area contributed by atoms with E-state index in [0.717, 1.165) is 0 Å². The maximum absolute atomic E-state index is 14.6. The number of hydrogen-bond acceptors (Lipinski definition) is 6. The van der Waals surface area contributed by atoms with Crippen molar-refractivity contribution in [2.75, 3.05) is 20.2 Å². The van der Waals surface area contributed by atoms with Gasteiger partial charge in [-0.2, -0.15) is 0 Å². The first-order chi connectivity index (χ1) is 13.2. The van der Waals surface area contributed by atoms with Crippen LogP contribution >= 0.6 is 0 Å². The Morgan fingerprint density at radius 2 is 2.00 bits per heavy atom. The molecule has 3 rings (SSSR count). The Labute approximate surface area is 162 Å². The van der Waals surface area contributed by atoms with Crippen LogP contribution in [-0.2, 0) is 9.47 Å². The van der Waals surface area contributed by atoms with Crippen LogP contribution in [0.25, 0.3) is 11.0 Å². The fourth-order valence-electron chi connectivity index (χ4n) is 2.98. The van der Waals surface area contributed by atoms with Crippen LogP contribution < -0.4 is 4.74 Å². The number of rotatable bonds is 3. The molecule has 0 bridgehead atoms. The Kier molecular flexibility index (Phi) is 5.49. The van der Waals surface area contributed by atoms with Crippen molar-refractivity contribution < 1.29 is 32.6 Å². The number of nitrogens with zero attached hydrogens (tertiary/aromatic N) is 1. The fraction of sp³-hybridized carbons (Fsp3) is 0.500. The molecule has 1 fully saturated rings. The van der Waals surface area contributed by atoms with Crippen molar-refractivity contribution >= 4 is 23.0 Å². The predicted molar refractivity (Wildman–Crippen MR) is 99.3 cm³/mol. The van der Waals surface area contributed by atoms with E-state index in [0.29, 0.717) is 29.7 Å². The Bertz CT molecular complexity index is 871. The van der Waals surface area contributed by atoms with Crippen molar-refractivity contribution in [1.82, 2.24) is 4.90 Å². The lowest BCUT2D eigenvalue weighted by atomic mass is 10.1. The zero-order valence-electron chi connectivity index (χ0n) is 16.4. The van der Waals surface area contributed by atoms with Crippen molar-refractivity contribution in [2.45, 2.75) is 45.1 Å². The second-order valence-electron chi connectivity index (χ2n) is 7.69. The van der Waals surface area contributed by atoms with E-state index in [4.69, 9.17) is 13.9 Å². The van der Waals surface area contributed by atoms with Gasteiger partial charge in [-0.25, -0.2) is 14.0 Å². The zero-order chi connectivity index (χ0) is 20.5. The molecule has 1 saturated heterocycles. The number of furan rings is 1. The van der Waals surface area contributed by atoms with Crippen molar-refractivity contribution in [2.24, 2.45) is 0 Å². The molecule has 2 unspecified atom stereocenters. The van der Waals surface area contributed by atoms with Gasteiger partial charge in [0.05, 0.1) is 13.7 Å². The highest BCUT2D eigenvalue weighted by Gasteiger charge is 2.35. The van der Waals surface area contributed by atoms with Crippen molar-refractivity contribution in [3.63, 3.8) is 0 Å². The van der Waals surface area contributed by atoms with E-state index in [1.165, 1.54) is 12.0 Å². The first-order valence-corrected chi connectivity index (χ1v) is 9.07. The molecule has 7 nitrogen and oxygen atoms in total. The van der Waals surface area contributed by atoms with E-state index in [9.17, 15) is 14.0 Å². The van der Waals surface area contributed by atoms with Crippen LogP contribution in [0, 0.1) is 0 Å². The van der Waals surface area contributed by atoms with E-state index in [2.05, 4.69) is 4.74 Å². The zero-order valence-corrected chi connectivity index (χ0v) is 16.4. The molecule has 0 N–H and O–H groups in total. The van der Waals surface area contributed by atoms with Gasteiger partial charge in [0.2, 0.25) is 5.76 Å². The van der Waals surface area contributed by atoms with Crippen LogP contribution in [-0.4, -0.2) is 55.0 Å². The molecule has 152 valence electrons. The number of carbonyl (C=O) groups is 2. The van der Waals surface area contributed by atoms with E-state index in [-0.39, 0.29) is 12.3 Å². The van der Waals surface area contributed by atoms with Gasteiger partial charge in [0.25, 0.3) is 0 Å². The van der Waals surface area contributed by atoms with Gasteiger partial charge in [0.15, 0.2) is 6.17 Å². The van der Waals surface area contributed by atoms with Crippen LogP contribution in [0.15, 0.2) is 28.7 Å². The SMILES string of the molecule is COC(=O)c1cc2cc(OC3CCN(C(=O)OC(C)(C)C)CC3F)ccc2o1. The van der Waals surface area contributed by atoms with Gasteiger partial charge in [0.1, 0.15) is 23.0 Å². The Balaban J connectivity index is 1.64. The van der Waals surface area contributed by atoms with Crippen molar-refractivity contribution in [3.8, 4) is 5.75 Å². The maximum atomic E-state index is 14.6. The number of ether oxygens (including phenoxy) is 3. The lowest BCUT2D eigenvalue weighted by Gasteiger charge is -2.35. The maximum Gasteiger partial charge on any atom is 0.410 e. The number of hydrogen-bond donors (Lipinski definition) is 0. The summed E-state index contributed by atoms with van der Waals surface area (Å²) in [7, 11) is 1.27. The highest BCUT2D eigenvalue weighted by molar-refractivity contribution is 5.92. The molecule has 0 radical (unpaired) electrons. The summed E-state index contributed by atoms with van der Waals surface area (Å²) < 4.78 is 35.7. The molecule has 1 amide bonds. The Hall–Kier alpha value is -2.77. The minimum atomic E-state index is -1.34. The Morgan fingerprint density at radius 3 is 2.64 bits per heavy atom. The highest BCUT2D eigenvalue weighted by Crippen LogP contribution is 2.28. The van der Waals surface area contributed by atoms with E-state index < -0.39 is 29.9 Å². The average Bonchev–Trinajstić information content (AvgIpc) is 3.04. The molecule has 2 aromatic rings. The van der Waals surface area contributed by atoms with E-state index >= 15 is 0 Å². The van der Waals surface area contributed by atoms with Crippen molar-refractivity contribution in [1.29, 1.82) is 0 Å². The van der Waals surface area contributed by atoms with Gasteiger partial charge in [-0.15, -0.1) is 0 Å². The third-order valence-corrected chi connectivity index (χ3v) is 4.30. The first kappa shape index (κ1) is 20.0. The summed E-state index contributed by atoms with van der Waals surface area (Å²) >= 11 is 0. The Morgan fingerprint density at radius 1 is 1.25 bits per heavy atom. The van der Waals surface area contributed by atoms with Crippen LogP contribution in [0.5, 0.6) is 5.75 Å². The van der Waals surface area contributed by atoms with Gasteiger partial charge in [-0.05, 0) is 45.0 Å². The summed E-state index contributed by atoms with van der Waals surface area (Å²) in [4.78, 5) is 25.0. The van der Waals surface area contributed by atoms with Crippen LogP contribution in [0.2, 0.25) is 0 Å². The number of halogens is 1. The molecular formula is C20H24FNO6. The monoisotopic (exact) mass is 393 g/mol. The second kappa shape index (κ2) is 7.69. The van der Waals surface area contributed by atoms with Gasteiger partial charge in [-0.3, -0.25) is 0 Å². The number of methoxy groups -OCH3 is 1. The third kappa shape index (κ3) is 4.55. The minimum Gasteiger partial charge on any atom is -0.487 e. The molecule has 1 aromatic carbocycles. The number of piperidine rings is 1. The van der Waals surface area contributed by atoms with Gasteiger partial charge in [-0.1, -0.05) is 0 Å². The average molecular weight is 393 g/mol. The van der Waals surface area contributed by atoms with Crippen LogP contribution in [0.3, 0.4) is 0 Å². The summed E-state index contributed by atoms with van der Waals surface area (Å²) in [6.07, 6.45) is -2.20. The van der Waals surface area contributed by atoms with Gasteiger partial charge >= 0.3 is 12.1 Å². The summed E-state index contributed by atoms with van der Waals surface area (Å²) in [5, 5.41) is 0.652. The standard InChI is InChI=1S/C20H24FNO6/c1-20(2,3)28-19(24)22-8-7-16(14(21)11-22)26-13-5-6-15-12(9-13)10-17(27-15)18(23)25-4/h5-6,9-10,14,16H,7-8,11H2,1-4H3. The number of alkyl halides is 1. The van der Waals surface area contributed by atoms with Crippen LogP contribution in [0.1, 0.15) is 37.7 Å². The second-order valence-corrected chi connectivity index (χ2v) is 7.69. The molecule has 0 saturated carbocycles. The molecule has 1 aliphatic heterocycles. The fourth-order valence-corrected chi connectivity index (χ4v) is 2.98. The molecule has 2 heterocycles. The molecule has 2 atom stereocenters. The quantitative estimate of drug-likeness (QED) is 0.735. The molecule has 1 aromatic heterocycles. The summed E-state index contributed by atoms with van der Waals surface area (Å²) in [5.74, 6) is -0.0243. The summed E-state index contributed by atoms with van der Waals surface area (Å²) in [5.41, 5.74) is -0.122. The number of fused-ring (bicyclic) bond motifs is 1. The normalized spacial score (nSPS) is 20.1. The summed E-state index contributed by atoms with van der Waals surface area (Å²) in [6.45, 7) is 5.57. The number of carbonyl (C=O) groups excluding carboxylic acids is 2.